The number of nitrogens with one attached hydrogen (secondary N) is 1. The SMILES string of the molecule is Cc1ccc(C)c(OCCCCn2c(CCNC(=O)Cc3ccc(Cl)cc3)nc3ccccc32)c1. The fourth-order valence-electron chi connectivity index (χ4n) is 4.15. The monoisotopic (exact) mass is 489 g/mol. The first-order valence-electron chi connectivity index (χ1n) is 12.1. The summed E-state index contributed by atoms with van der Waals surface area (Å²) >= 11 is 5.92. The largest absolute Gasteiger partial charge is 0.493 e. The minimum absolute atomic E-state index is 0.00132. The predicted octanol–water partition coefficient (Wildman–Crippen LogP) is 6.07. The lowest BCUT2D eigenvalue weighted by molar-refractivity contribution is -0.120. The fourth-order valence-corrected chi connectivity index (χ4v) is 4.27. The van der Waals surface area contributed by atoms with Gasteiger partial charge in [0.15, 0.2) is 0 Å². The summed E-state index contributed by atoms with van der Waals surface area (Å²) in [6, 6.07) is 21.9. The third-order valence-electron chi connectivity index (χ3n) is 6.06. The number of nitrogens with zero attached hydrogens (tertiary/aromatic N) is 2. The van der Waals surface area contributed by atoms with E-state index in [1.54, 1.807) is 12.1 Å². The summed E-state index contributed by atoms with van der Waals surface area (Å²) in [5, 5.41) is 3.70. The van der Waals surface area contributed by atoms with E-state index in [0.29, 0.717) is 31.0 Å². The number of ether oxygens (including phenoxy) is 1. The number of carbonyl (C=O) groups is 1. The zero-order valence-corrected chi connectivity index (χ0v) is 21.1. The summed E-state index contributed by atoms with van der Waals surface area (Å²) in [6.45, 7) is 6.26. The van der Waals surface area contributed by atoms with Crippen molar-refractivity contribution in [3.05, 3.63) is 94.3 Å². The lowest BCUT2D eigenvalue weighted by Gasteiger charge is -2.12. The van der Waals surface area contributed by atoms with Crippen LogP contribution >= 0.6 is 11.6 Å². The Morgan fingerprint density at radius 2 is 1.83 bits per heavy atom. The Kier molecular flexibility index (Phi) is 8.43. The highest BCUT2D eigenvalue weighted by Crippen LogP contribution is 2.20. The maximum atomic E-state index is 12.4. The van der Waals surface area contributed by atoms with Crippen LogP contribution in [0, 0.1) is 13.8 Å². The molecule has 4 aromatic rings. The van der Waals surface area contributed by atoms with Crippen LogP contribution in [0.25, 0.3) is 11.0 Å². The van der Waals surface area contributed by atoms with Crippen LogP contribution in [0.1, 0.15) is 35.4 Å². The van der Waals surface area contributed by atoms with E-state index in [-0.39, 0.29) is 5.91 Å². The Hall–Kier alpha value is -3.31. The summed E-state index contributed by atoms with van der Waals surface area (Å²) in [5.74, 6) is 1.96. The topological polar surface area (TPSA) is 56.1 Å². The van der Waals surface area contributed by atoms with Crippen LogP contribution in [0.15, 0.2) is 66.7 Å². The van der Waals surface area contributed by atoms with E-state index in [1.807, 2.05) is 30.3 Å². The molecule has 5 nitrogen and oxygen atoms in total. The molecular formula is C29H32ClN3O2. The molecule has 1 heterocycles. The zero-order valence-electron chi connectivity index (χ0n) is 20.4. The Labute approximate surface area is 212 Å². The average Bonchev–Trinajstić information content (AvgIpc) is 3.20. The first-order valence-corrected chi connectivity index (χ1v) is 12.5. The van der Waals surface area contributed by atoms with E-state index >= 15 is 0 Å². The standard InChI is InChI=1S/C29H32ClN3O2/c1-21-9-10-22(2)27(19-21)35-18-6-5-17-33-26-8-4-3-7-25(26)32-28(33)15-16-31-29(34)20-23-11-13-24(30)14-12-23/h3-4,7-14,19H,5-6,15-18,20H2,1-2H3,(H,31,34). The van der Waals surface area contributed by atoms with Gasteiger partial charge in [0.05, 0.1) is 24.1 Å². The number of hydrogen-bond donors (Lipinski definition) is 1. The number of aryl methyl sites for hydroxylation is 3. The molecule has 0 aliphatic carbocycles. The van der Waals surface area contributed by atoms with Crippen LogP contribution in [-0.2, 0) is 24.2 Å². The molecule has 0 radical (unpaired) electrons. The number of imidazole rings is 1. The van der Waals surface area contributed by atoms with Crippen molar-refractivity contribution in [2.75, 3.05) is 13.2 Å². The molecule has 6 heteroatoms. The molecule has 0 atom stereocenters. The third-order valence-corrected chi connectivity index (χ3v) is 6.31. The van der Waals surface area contributed by atoms with E-state index in [4.69, 9.17) is 21.3 Å². The summed E-state index contributed by atoms with van der Waals surface area (Å²) in [7, 11) is 0. The first kappa shape index (κ1) is 24.8. The fraction of sp³-hybridized carbons (Fsp3) is 0.310. The highest BCUT2D eigenvalue weighted by molar-refractivity contribution is 6.30. The van der Waals surface area contributed by atoms with Crippen LogP contribution in [0.2, 0.25) is 5.02 Å². The second-order valence-electron chi connectivity index (χ2n) is 8.90. The predicted molar refractivity (Wildman–Crippen MR) is 142 cm³/mol. The normalized spacial score (nSPS) is 11.1. The van der Waals surface area contributed by atoms with E-state index in [2.05, 4.69) is 48.0 Å². The van der Waals surface area contributed by atoms with Crippen molar-refractivity contribution in [1.29, 1.82) is 0 Å². The number of unbranched alkanes of at least 4 members (excludes halogenated alkanes) is 1. The molecule has 0 saturated carbocycles. The van der Waals surface area contributed by atoms with Crippen LogP contribution < -0.4 is 10.1 Å². The number of carbonyl (C=O) groups excluding carboxylic acids is 1. The zero-order chi connectivity index (χ0) is 24.6. The number of halogens is 1. The molecule has 0 aliphatic heterocycles. The van der Waals surface area contributed by atoms with Crippen LogP contribution in [-0.4, -0.2) is 28.6 Å². The van der Waals surface area contributed by atoms with Gasteiger partial charge in [0.25, 0.3) is 0 Å². The summed E-state index contributed by atoms with van der Waals surface area (Å²) in [4.78, 5) is 17.2. The van der Waals surface area contributed by atoms with Gasteiger partial charge >= 0.3 is 0 Å². The number of fused-ring (bicyclic) bond motifs is 1. The van der Waals surface area contributed by atoms with Crippen molar-refractivity contribution < 1.29 is 9.53 Å². The smallest absolute Gasteiger partial charge is 0.224 e. The molecule has 3 aromatic carbocycles. The number of aromatic nitrogens is 2. The van der Waals surface area contributed by atoms with Gasteiger partial charge in [-0.1, -0.05) is 48.0 Å². The van der Waals surface area contributed by atoms with Crippen molar-refractivity contribution in [1.82, 2.24) is 14.9 Å². The van der Waals surface area contributed by atoms with Crippen molar-refractivity contribution >= 4 is 28.5 Å². The number of hydrogen-bond acceptors (Lipinski definition) is 3. The van der Waals surface area contributed by atoms with Gasteiger partial charge in [-0.05, 0) is 73.7 Å². The molecule has 0 fully saturated rings. The summed E-state index contributed by atoms with van der Waals surface area (Å²) in [5.41, 5.74) is 5.44. The summed E-state index contributed by atoms with van der Waals surface area (Å²) in [6.07, 6.45) is 2.96. The lowest BCUT2D eigenvalue weighted by atomic mass is 10.1. The molecular weight excluding hydrogens is 458 g/mol. The number of benzene rings is 3. The number of rotatable bonds is 11. The highest BCUT2D eigenvalue weighted by atomic mass is 35.5. The molecule has 1 aromatic heterocycles. The Morgan fingerprint density at radius 1 is 1.03 bits per heavy atom. The molecule has 4 rings (SSSR count). The second-order valence-corrected chi connectivity index (χ2v) is 9.33. The van der Waals surface area contributed by atoms with Crippen LogP contribution in [0.3, 0.4) is 0 Å². The first-order chi connectivity index (χ1) is 17.0. The van der Waals surface area contributed by atoms with Crippen molar-refractivity contribution in [2.45, 2.75) is 46.1 Å². The molecule has 0 aliphatic rings. The Balaban J connectivity index is 1.30. The molecule has 1 N–H and O–H groups in total. The number of para-hydroxylation sites is 2. The quantitative estimate of drug-likeness (QED) is 0.260. The molecule has 182 valence electrons. The maximum absolute atomic E-state index is 12.4. The van der Waals surface area contributed by atoms with Gasteiger partial charge in [-0.2, -0.15) is 0 Å². The minimum Gasteiger partial charge on any atom is -0.493 e. The third kappa shape index (κ3) is 6.86. The molecule has 0 bridgehead atoms. The molecule has 0 saturated heterocycles. The summed E-state index contributed by atoms with van der Waals surface area (Å²) < 4.78 is 8.30. The second kappa shape index (κ2) is 11.9. The van der Waals surface area contributed by atoms with Gasteiger partial charge in [0.1, 0.15) is 11.6 Å². The number of amides is 1. The lowest BCUT2D eigenvalue weighted by Crippen LogP contribution is -2.28. The van der Waals surface area contributed by atoms with Crippen molar-refractivity contribution in [3.8, 4) is 5.75 Å². The Bertz CT molecular complexity index is 1280. The molecule has 35 heavy (non-hydrogen) atoms. The highest BCUT2D eigenvalue weighted by Gasteiger charge is 2.11. The van der Waals surface area contributed by atoms with Gasteiger partial charge < -0.3 is 14.6 Å². The van der Waals surface area contributed by atoms with Crippen LogP contribution in [0.4, 0.5) is 0 Å². The van der Waals surface area contributed by atoms with Gasteiger partial charge in [-0.15, -0.1) is 0 Å². The maximum Gasteiger partial charge on any atom is 0.224 e. The molecule has 0 unspecified atom stereocenters. The van der Waals surface area contributed by atoms with E-state index in [9.17, 15) is 4.79 Å². The van der Waals surface area contributed by atoms with Gasteiger partial charge in [-0.3, -0.25) is 4.79 Å². The average molecular weight is 490 g/mol. The van der Waals surface area contributed by atoms with Gasteiger partial charge in [0, 0.05) is 24.5 Å². The molecule has 0 spiro atoms. The van der Waals surface area contributed by atoms with Crippen LogP contribution in [0.5, 0.6) is 5.75 Å². The molecule has 1 amide bonds. The van der Waals surface area contributed by atoms with E-state index < -0.39 is 0 Å². The van der Waals surface area contributed by atoms with Crippen molar-refractivity contribution in [3.63, 3.8) is 0 Å². The Morgan fingerprint density at radius 3 is 2.66 bits per heavy atom. The van der Waals surface area contributed by atoms with Gasteiger partial charge in [0.2, 0.25) is 5.91 Å². The van der Waals surface area contributed by atoms with E-state index in [1.165, 1.54) is 5.56 Å². The van der Waals surface area contributed by atoms with Crippen molar-refractivity contribution in [2.24, 2.45) is 0 Å². The minimum atomic E-state index is -0.00132. The van der Waals surface area contributed by atoms with E-state index in [0.717, 1.165) is 53.1 Å². The van der Waals surface area contributed by atoms with Gasteiger partial charge in [-0.25, -0.2) is 4.98 Å².